The van der Waals surface area contributed by atoms with Crippen LogP contribution in [0.5, 0.6) is 0 Å². The lowest BCUT2D eigenvalue weighted by atomic mass is 10.1. The molecular formula is C16H22N2O2. The summed E-state index contributed by atoms with van der Waals surface area (Å²) in [6, 6.07) is 9.75. The minimum absolute atomic E-state index is 0.0334. The van der Waals surface area contributed by atoms with E-state index in [1.165, 1.54) is 6.92 Å². The number of carbonyl (C=O) groups excluding carboxylic acids is 2. The largest absolute Gasteiger partial charge is 0.350 e. The Morgan fingerprint density at radius 1 is 1.35 bits per heavy atom. The predicted molar refractivity (Wildman–Crippen MR) is 80.1 cm³/mol. The number of carbonyl (C=O) groups is 2. The Morgan fingerprint density at radius 3 is 2.55 bits per heavy atom. The summed E-state index contributed by atoms with van der Waals surface area (Å²) in [5.41, 5.74) is 1.07. The summed E-state index contributed by atoms with van der Waals surface area (Å²) in [6.07, 6.45) is 1.95. The number of hydrogen-bond donors (Lipinski definition) is 1. The molecule has 0 radical (unpaired) electrons. The Hall–Kier alpha value is -2.10. The molecule has 20 heavy (non-hydrogen) atoms. The van der Waals surface area contributed by atoms with Crippen molar-refractivity contribution in [3.8, 4) is 0 Å². The van der Waals surface area contributed by atoms with Gasteiger partial charge in [-0.2, -0.15) is 0 Å². The van der Waals surface area contributed by atoms with Gasteiger partial charge in [0.1, 0.15) is 0 Å². The molecule has 1 rings (SSSR count). The smallest absolute Gasteiger partial charge is 0.222 e. The average molecular weight is 274 g/mol. The third-order valence-electron chi connectivity index (χ3n) is 3.08. The zero-order chi connectivity index (χ0) is 15.0. The third-order valence-corrected chi connectivity index (χ3v) is 3.08. The lowest BCUT2D eigenvalue weighted by Crippen LogP contribution is -2.34. The molecule has 0 saturated heterocycles. The van der Waals surface area contributed by atoms with E-state index in [0.717, 1.165) is 5.56 Å². The van der Waals surface area contributed by atoms with Crippen LogP contribution in [-0.4, -0.2) is 29.8 Å². The van der Waals surface area contributed by atoms with Crippen molar-refractivity contribution < 1.29 is 9.59 Å². The minimum atomic E-state index is -0.0586. The van der Waals surface area contributed by atoms with Crippen molar-refractivity contribution in [1.82, 2.24) is 10.2 Å². The molecule has 0 aliphatic heterocycles. The van der Waals surface area contributed by atoms with Crippen LogP contribution in [0.15, 0.2) is 43.0 Å². The van der Waals surface area contributed by atoms with Crippen LogP contribution in [0, 0.1) is 0 Å². The number of amides is 2. The summed E-state index contributed by atoms with van der Waals surface area (Å²) in [6.45, 7) is 7.92. The Kier molecular flexibility index (Phi) is 6.50. The monoisotopic (exact) mass is 274 g/mol. The molecule has 1 N–H and O–H groups in total. The van der Waals surface area contributed by atoms with Crippen LogP contribution < -0.4 is 5.32 Å². The second-order valence-corrected chi connectivity index (χ2v) is 4.70. The fourth-order valence-electron chi connectivity index (χ4n) is 1.91. The van der Waals surface area contributed by atoms with Gasteiger partial charge in [0, 0.05) is 26.4 Å². The number of nitrogens with zero attached hydrogens (tertiary/aromatic N) is 1. The first kappa shape index (κ1) is 16.0. The van der Waals surface area contributed by atoms with Crippen LogP contribution >= 0.6 is 0 Å². The molecule has 2 amide bonds. The Balaban J connectivity index is 2.43. The van der Waals surface area contributed by atoms with Crippen LogP contribution in [-0.2, 0) is 9.59 Å². The first-order valence-corrected chi connectivity index (χ1v) is 6.75. The molecule has 0 spiro atoms. The molecule has 108 valence electrons. The fourth-order valence-corrected chi connectivity index (χ4v) is 1.91. The third kappa shape index (κ3) is 5.26. The molecule has 0 aliphatic carbocycles. The molecule has 1 unspecified atom stereocenters. The first-order valence-electron chi connectivity index (χ1n) is 6.75. The average Bonchev–Trinajstić information content (AvgIpc) is 2.44. The van der Waals surface area contributed by atoms with Gasteiger partial charge in [0.2, 0.25) is 11.8 Å². The Labute approximate surface area is 120 Å². The van der Waals surface area contributed by atoms with Crippen LogP contribution in [0.2, 0.25) is 0 Å². The standard InChI is InChI=1S/C16H22N2O2/c1-4-11-18(14(3)19)12-10-16(20)17-13(2)15-8-6-5-7-9-15/h4-9,13H,1,10-12H2,2-3H3,(H,17,20). The predicted octanol–water partition coefficient (Wildman–Crippen LogP) is 2.29. The molecule has 0 bridgehead atoms. The zero-order valence-corrected chi connectivity index (χ0v) is 12.1. The van der Waals surface area contributed by atoms with E-state index in [-0.39, 0.29) is 17.9 Å². The van der Waals surface area contributed by atoms with Gasteiger partial charge in [0.25, 0.3) is 0 Å². The Bertz CT molecular complexity index is 457. The van der Waals surface area contributed by atoms with Crippen molar-refractivity contribution in [3.05, 3.63) is 48.6 Å². The van der Waals surface area contributed by atoms with Gasteiger partial charge in [0.15, 0.2) is 0 Å². The summed E-state index contributed by atoms with van der Waals surface area (Å²) in [7, 11) is 0. The topological polar surface area (TPSA) is 49.4 Å². The molecule has 1 aromatic rings. The number of rotatable bonds is 7. The Morgan fingerprint density at radius 2 is 2.00 bits per heavy atom. The van der Waals surface area contributed by atoms with E-state index >= 15 is 0 Å². The minimum Gasteiger partial charge on any atom is -0.350 e. The van der Waals surface area contributed by atoms with Gasteiger partial charge in [-0.05, 0) is 12.5 Å². The highest BCUT2D eigenvalue weighted by Crippen LogP contribution is 2.11. The first-order chi connectivity index (χ1) is 9.54. The number of nitrogens with one attached hydrogen (secondary N) is 1. The van der Waals surface area contributed by atoms with Crippen LogP contribution in [0.1, 0.15) is 31.9 Å². The molecule has 0 aromatic heterocycles. The fraction of sp³-hybridized carbons (Fsp3) is 0.375. The van der Waals surface area contributed by atoms with Gasteiger partial charge in [-0.3, -0.25) is 9.59 Å². The molecule has 0 fully saturated rings. The van der Waals surface area contributed by atoms with Crippen molar-refractivity contribution in [3.63, 3.8) is 0 Å². The molecule has 0 aliphatic rings. The molecular weight excluding hydrogens is 252 g/mol. The van der Waals surface area contributed by atoms with Crippen molar-refractivity contribution in [2.75, 3.05) is 13.1 Å². The van der Waals surface area contributed by atoms with Crippen molar-refractivity contribution in [1.29, 1.82) is 0 Å². The van der Waals surface area contributed by atoms with Gasteiger partial charge in [-0.15, -0.1) is 6.58 Å². The second kappa shape index (κ2) is 8.15. The maximum absolute atomic E-state index is 11.9. The van der Waals surface area contributed by atoms with E-state index in [0.29, 0.717) is 19.5 Å². The van der Waals surface area contributed by atoms with Crippen molar-refractivity contribution in [2.45, 2.75) is 26.3 Å². The van der Waals surface area contributed by atoms with E-state index in [1.54, 1.807) is 11.0 Å². The lowest BCUT2D eigenvalue weighted by Gasteiger charge is -2.20. The molecule has 0 heterocycles. The van der Waals surface area contributed by atoms with Crippen LogP contribution in [0.3, 0.4) is 0 Å². The second-order valence-electron chi connectivity index (χ2n) is 4.70. The quantitative estimate of drug-likeness (QED) is 0.776. The summed E-state index contributed by atoms with van der Waals surface area (Å²) in [5.74, 6) is -0.106. The SMILES string of the molecule is C=CCN(CCC(=O)NC(C)c1ccccc1)C(C)=O. The highest BCUT2D eigenvalue weighted by atomic mass is 16.2. The zero-order valence-electron chi connectivity index (χ0n) is 12.1. The van der Waals surface area contributed by atoms with E-state index in [9.17, 15) is 9.59 Å². The summed E-state index contributed by atoms with van der Waals surface area (Å²) < 4.78 is 0. The van der Waals surface area contributed by atoms with E-state index in [1.807, 2.05) is 37.3 Å². The summed E-state index contributed by atoms with van der Waals surface area (Å²) in [5, 5.41) is 2.93. The lowest BCUT2D eigenvalue weighted by molar-refractivity contribution is -0.129. The van der Waals surface area contributed by atoms with Gasteiger partial charge in [0.05, 0.1) is 6.04 Å². The van der Waals surface area contributed by atoms with E-state index in [4.69, 9.17) is 0 Å². The maximum atomic E-state index is 11.9. The maximum Gasteiger partial charge on any atom is 0.222 e. The molecule has 1 atom stereocenters. The van der Waals surface area contributed by atoms with Crippen LogP contribution in [0.25, 0.3) is 0 Å². The van der Waals surface area contributed by atoms with Crippen molar-refractivity contribution >= 4 is 11.8 Å². The van der Waals surface area contributed by atoms with E-state index < -0.39 is 0 Å². The summed E-state index contributed by atoms with van der Waals surface area (Å²) >= 11 is 0. The highest BCUT2D eigenvalue weighted by molar-refractivity contribution is 5.78. The van der Waals surface area contributed by atoms with Gasteiger partial charge in [-0.25, -0.2) is 0 Å². The molecule has 0 saturated carbocycles. The number of hydrogen-bond acceptors (Lipinski definition) is 2. The normalized spacial score (nSPS) is 11.5. The summed E-state index contributed by atoms with van der Waals surface area (Å²) in [4.78, 5) is 24.8. The molecule has 4 nitrogen and oxygen atoms in total. The van der Waals surface area contributed by atoms with Gasteiger partial charge < -0.3 is 10.2 Å². The van der Waals surface area contributed by atoms with E-state index in [2.05, 4.69) is 11.9 Å². The molecule has 1 aromatic carbocycles. The van der Waals surface area contributed by atoms with Crippen molar-refractivity contribution in [2.24, 2.45) is 0 Å². The van der Waals surface area contributed by atoms with Crippen LogP contribution in [0.4, 0.5) is 0 Å². The van der Waals surface area contributed by atoms with Gasteiger partial charge in [-0.1, -0.05) is 36.4 Å². The molecule has 4 heteroatoms. The highest BCUT2D eigenvalue weighted by Gasteiger charge is 2.12. The number of benzene rings is 1. The van der Waals surface area contributed by atoms with Gasteiger partial charge >= 0.3 is 0 Å².